The summed E-state index contributed by atoms with van der Waals surface area (Å²) in [5.41, 5.74) is 2.42. The molecule has 1 aromatic carbocycles. The molecule has 3 N–H and O–H groups in total. The second-order valence-corrected chi connectivity index (χ2v) is 4.76. The zero-order chi connectivity index (χ0) is 17.4. The van der Waals surface area contributed by atoms with Gasteiger partial charge in [-0.25, -0.2) is 9.59 Å². The Morgan fingerprint density at radius 1 is 0.958 bits per heavy atom. The zero-order valence-electron chi connectivity index (χ0n) is 12.6. The molecule has 0 spiro atoms. The van der Waals surface area contributed by atoms with Crippen molar-refractivity contribution in [1.29, 1.82) is 0 Å². The SMILES string of the molecule is O=C(O)C(=O)O.c1cc(CNCc2ccc3c(c2)OCO3)ccn1. The summed E-state index contributed by atoms with van der Waals surface area (Å²) in [7, 11) is 0. The summed E-state index contributed by atoms with van der Waals surface area (Å²) in [5, 5.41) is 18.2. The first-order valence-corrected chi connectivity index (χ1v) is 7.00. The lowest BCUT2D eigenvalue weighted by molar-refractivity contribution is -0.159. The van der Waals surface area contributed by atoms with Gasteiger partial charge >= 0.3 is 11.9 Å². The summed E-state index contributed by atoms with van der Waals surface area (Å²) in [6.07, 6.45) is 3.61. The molecule has 3 rings (SSSR count). The van der Waals surface area contributed by atoms with E-state index in [2.05, 4.69) is 10.3 Å². The van der Waals surface area contributed by atoms with Gasteiger partial charge in [0.15, 0.2) is 11.5 Å². The molecule has 0 aliphatic carbocycles. The summed E-state index contributed by atoms with van der Waals surface area (Å²) in [6.45, 7) is 1.96. The molecule has 1 aromatic heterocycles. The molecule has 0 bridgehead atoms. The molecular weight excluding hydrogens is 316 g/mol. The Hall–Kier alpha value is -3.13. The minimum atomic E-state index is -1.82. The number of carboxylic acid groups (broad SMARTS) is 2. The maximum absolute atomic E-state index is 9.10. The van der Waals surface area contributed by atoms with Crippen LogP contribution in [0.3, 0.4) is 0 Å². The Morgan fingerprint density at radius 3 is 2.25 bits per heavy atom. The van der Waals surface area contributed by atoms with E-state index in [-0.39, 0.29) is 0 Å². The van der Waals surface area contributed by atoms with E-state index in [0.29, 0.717) is 6.79 Å². The zero-order valence-corrected chi connectivity index (χ0v) is 12.6. The third-order valence-corrected chi connectivity index (χ3v) is 3.03. The van der Waals surface area contributed by atoms with Crippen molar-refractivity contribution < 1.29 is 29.3 Å². The van der Waals surface area contributed by atoms with Crippen LogP contribution >= 0.6 is 0 Å². The van der Waals surface area contributed by atoms with Crippen molar-refractivity contribution in [2.24, 2.45) is 0 Å². The highest BCUT2D eigenvalue weighted by molar-refractivity contribution is 6.27. The molecule has 1 aliphatic heterocycles. The minimum absolute atomic E-state index is 0.323. The number of carboxylic acids is 2. The lowest BCUT2D eigenvalue weighted by atomic mass is 10.2. The van der Waals surface area contributed by atoms with E-state index in [9.17, 15) is 0 Å². The normalized spacial score (nSPS) is 11.3. The molecule has 0 unspecified atom stereocenters. The molecule has 0 saturated heterocycles. The van der Waals surface area contributed by atoms with Gasteiger partial charge in [-0.05, 0) is 35.4 Å². The number of nitrogens with one attached hydrogen (secondary N) is 1. The first kappa shape index (κ1) is 17.2. The van der Waals surface area contributed by atoms with Crippen LogP contribution in [-0.4, -0.2) is 33.9 Å². The van der Waals surface area contributed by atoms with Gasteiger partial charge in [-0.3, -0.25) is 4.98 Å². The third-order valence-electron chi connectivity index (χ3n) is 3.03. The standard InChI is InChI=1S/C14H14N2O2.C2H2O4/c1-2-13-14(18-10-17-13)7-12(1)9-16-8-11-3-5-15-6-4-11;3-1(4)2(5)6/h1-7,16H,8-10H2;(H,3,4)(H,5,6). The molecule has 1 aliphatic rings. The number of carbonyl (C=O) groups is 2. The van der Waals surface area contributed by atoms with E-state index >= 15 is 0 Å². The summed E-state index contributed by atoms with van der Waals surface area (Å²) < 4.78 is 10.6. The van der Waals surface area contributed by atoms with Gasteiger partial charge in [-0.2, -0.15) is 0 Å². The number of ether oxygens (including phenoxy) is 2. The molecule has 24 heavy (non-hydrogen) atoms. The highest BCUT2D eigenvalue weighted by atomic mass is 16.7. The van der Waals surface area contributed by atoms with E-state index in [1.165, 1.54) is 11.1 Å². The van der Waals surface area contributed by atoms with Crippen LogP contribution in [0.4, 0.5) is 0 Å². The van der Waals surface area contributed by atoms with Crippen molar-refractivity contribution >= 4 is 11.9 Å². The number of benzene rings is 1. The van der Waals surface area contributed by atoms with Crippen molar-refractivity contribution in [3.8, 4) is 11.5 Å². The van der Waals surface area contributed by atoms with Crippen molar-refractivity contribution in [3.05, 3.63) is 53.9 Å². The monoisotopic (exact) mass is 332 g/mol. The molecule has 2 heterocycles. The molecule has 0 atom stereocenters. The summed E-state index contributed by atoms with van der Waals surface area (Å²) in [5.74, 6) is -1.99. The van der Waals surface area contributed by atoms with E-state index in [1.54, 1.807) is 12.4 Å². The van der Waals surface area contributed by atoms with E-state index in [1.807, 2.05) is 30.3 Å². The Balaban J connectivity index is 0.000000301. The third kappa shape index (κ3) is 5.25. The fourth-order valence-corrected chi connectivity index (χ4v) is 1.90. The number of fused-ring (bicyclic) bond motifs is 1. The molecule has 126 valence electrons. The number of aliphatic carboxylic acids is 2. The van der Waals surface area contributed by atoms with Gasteiger partial charge in [0.2, 0.25) is 6.79 Å². The topological polar surface area (TPSA) is 118 Å². The molecular formula is C16H16N2O6. The number of pyridine rings is 1. The summed E-state index contributed by atoms with van der Waals surface area (Å²) >= 11 is 0. The lowest BCUT2D eigenvalue weighted by Crippen LogP contribution is -2.12. The van der Waals surface area contributed by atoms with Gasteiger partial charge in [0.1, 0.15) is 0 Å². The Kier molecular flexibility index (Phi) is 6.09. The van der Waals surface area contributed by atoms with Crippen LogP contribution in [0.15, 0.2) is 42.7 Å². The van der Waals surface area contributed by atoms with Gasteiger partial charge in [-0.1, -0.05) is 6.07 Å². The van der Waals surface area contributed by atoms with Gasteiger partial charge < -0.3 is 25.0 Å². The van der Waals surface area contributed by atoms with Crippen molar-refractivity contribution in [2.75, 3.05) is 6.79 Å². The van der Waals surface area contributed by atoms with Crippen LogP contribution in [0.2, 0.25) is 0 Å². The number of nitrogens with zero attached hydrogens (tertiary/aromatic N) is 1. The van der Waals surface area contributed by atoms with Gasteiger partial charge in [0.05, 0.1) is 0 Å². The Morgan fingerprint density at radius 2 is 1.58 bits per heavy atom. The van der Waals surface area contributed by atoms with Crippen LogP contribution in [0, 0.1) is 0 Å². The Labute approximate surface area is 137 Å². The maximum atomic E-state index is 9.10. The van der Waals surface area contributed by atoms with Crippen molar-refractivity contribution in [3.63, 3.8) is 0 Å². The van der Waals surface area contributed by atoms with Crippen molar-refractivity contribution in [1.82, 2.24) is 10.3 Å². The predicted octanol–water partition coefficient (Wildman–Crippen LogP) is 1.26. The molecule has 8 nitrogen and oxygen atoms in total. The first-order chi connectivity index (χ1) is 11.6. The highest BCUT2D eigenvalue weighted by Gasteiger charge is 2.12. The quantitative estimate of drug-likeness (QED) is 0.716. The van der Waals surface area contributed by atoms with Gasteiger partial charge in [0, 0.05) is 25.5 Å². The highest BCUT2D eigenvalue weighted by Crippen LogP contribution is 2.32. The molecule has 0 radical (unpaired) electrons. The van der Waals surface area contributed by atoms with Crippen LogP contribution in [0.25, 0.3) is 0 Å². The number of hydrogen-bond acceptors (Lipinski definition) is 6. The molecule has 0 fully saturated rings. The average molecular weight is 332 g/mol. The Bertz CT molecular complexity index is 693. The average Bonchev–Trinajstić information content (AvgIpc) is 3.04. The fraction of sp³-hybridized carbons (Fsp3) is 0.188. The largest absolute Gasteiger partial charge is 0.473 e. The fourth-order valence-electron chi connectivity index (χ4n) is 1.90. The second-order valence-electron chi connectivity index (χ2n) is 4.76. The van der Waals surface area contributed by atoms with Gasteiger partial charge in [-0.15, -0.1) is 0 Å². The molecule has 8 heteroatoms. The van der Waals surface area contributed by atoms with Crippen LogP contribution in [0.1, 0.15) is 11.1 Å². The van der Waals surface area contributed by atoms with Crippen LogP contribution in [-0.2, 0) is 22.7 Å². The second kappa shape index (κ2) is 8.49. The predicted molar refractivity (Wildman–Crippen MR) is 82.6 cm³/mol. The minimum Gasteiger partial charge on any atom is -0.473 e. The first-order valence-electron chi connectivity index (χ1n) is 7.00. The van der Waals surface area contributed by atoms with E-state index < -0.39 is 11.9 Å². The molecule has 2 aromatic rings. The lowest BCUT2D eigenvalue weighted by Gasteiger charge is -2.05. The summed E-state index contributed by atoms with van der Waals surface area (Å²) in [4.78, 5) is 22.2. The van der Waals surface area contributed by atoms with E-state index in [0.717, 1.165) is 24.6 Å². The molecule has 0 saturated carbocycles. The number of rotatable bonds is 4. The summed E-state index contributed by atoms with van der Waals surface area (Å²) in [6, 6.07) is 10.0. The smallest absolute Gasteiger partial charge is 0.414 e. The van der Waals surface area contributed by atoms with Gasteiger partial charge in [0.25, 0.3) is 0 Å². The van der Waals surface area contributed by atoms with Crippen LogP contribution in [0.5, 0.6) is 11.5 Å². The maximum Gasteiger partial charge on any atom is 0.414 e. The number of aromatic nitrogens is 1. The number of hydrogen-bond donors (Lipinski definition) is 3. The van der Waals surface area contributed by atoms with E-state index in [4.69, 9.17) is 29.3 Å². The molecule has 0 amide bonds. The van der Waals surface area contributed by atoms with Crippen molar-refractivity contribution in [2.45, 2.75) is 13.1 Å². The van der Waals surface area contributed by atoms with Crippen LogP contribution < -0.4 is 14.8 Å².